The van der Waals surface area contributed by atoms with E-state index in [0.717, 1.165) is 0 Å². The summed E-state index contributed by atoms with van der Waals surface area (Å²) in [6, 6.07) is 6.21. The molecule has 0 atom stereocenters. The van der Waals surface area contributed by atoms with Crippen LogP contribution in [0.2, 0.25) is 0 Å². The van der Waals surface area contributed by atoms with E-state index in [-0.39, 0.29) is 5.69 Å². The Bertz CT molecular complexity index is 440. The van der Waals surface area contributed by atoms with E-state index in [1.54, 1.807) is 36.3 Å². The smallest absolute Gasteiger partial charge is 0.150 e. The fraction of sp³-hybridized carbons (Fsp3) is 0.167. The van der Waals surface area contributed by atoms with E-state index in [2.05, 4.69) is 16.8 Å². The van der Waals surface area contributed by atoms with Gasteiger partial charge in [0.15, 0.2) is 5.82 Å². The van der Waals surface area contributed by atoms with Gasteiger partial charge in [0, 0.05) is 7.05 Å². The van der Waals surface area contributed by atoms with E-state index < -0.39 is 5.82 Å². The molecule has 0 bridgehead atoms. The number of nitrogens with zero attached hydrogens (tertiary/aromatic N) is 3. The summed E-state index contributed by atoms with van der Waals surface area (Å²) in [7, 11) is 3.71. The third-order valence-electron chi connectivity index (χ3n) is 2.03. The van der Waals surface area contributed by atoms with Gasteiger partial charge in [-0.25, -0.2) is 4.39 Å². The lowest BCUT2D eigenvalue weighted by Crippen LogP contribution is -2.72. The second kappa shape index (κ2) is 6.55. The van der Waals surface area contributed by atoms with Gasteiger partial charge in [-0.3, -0.25) is 0 Å². The number of hydrogen-bond donors (Lipinski definition) is 1. The van der Waals surface area contributed by atoms with Crippen LogP contribution in [0, 0.1) is 5.82 Å². The summed E-state index contributed by atoms with van der Waals surface area (Å²) in [6.07, 6.45) is 3.65. The maximum Gasteiger partial charge on any atom is 0.150 e. The topological polar surface area (TPSA) is 44.6 Å². The summed E-state index contributed by atoms with van der Waals surface area (Å²) < 4.78 is 13.2. The molecule has 0 fully saturated rings. The van der Waals surface area contributed by atoms with E-state index in [1.807, 2.05) is 18.6 Å². The minimum Gasteiger partial charge on any atom is -0.330 e. The van der Waals surface area contributed by atoms with Gasteiger partial charge < -0.3 is 10.2 Å². The summed E-state index contributed by atoms with van der Waals surface area (Å²) in [5, 5.41) is 9.55. The minimum atomic E-state index is -0.399. The summed E-state index contributed by atoms with van der Waals surface area (Å²) in [5.41, 5.74) is 0.202. The van der Waals surface area contributed by atoms with Crippen LogP contribution in [0.25, 0.3) is 0 Å². The first-order valence-corrected chi connectivity index (χ1v) is 5.19. The molecule has 1 aromatic rings. The van der Waals surface area contributed by atoms with Crippen molar-refractivity contribution in [3.63, 3.8) is 0 Å². The van der Waals surface area contributed by atoms with E-state index in [1.165, 1.54) is 6.07 Å². The van der Waals surface area contributed by atoms with Gasteiger partial charge in [0.05, 0.1) is 13.2 Å². The Hall–Kier alpha value is -2.01. The van der Waals surface area contributed by atoms with Gasteiger partial charge in [-0.2, -0.15) is 0 Å². The van der Waals surface area contributed by atoms with Crippen LogP contribution in [-0.2, 0) is 0 Å². The molecule has 0 aliphatic rings. The summed E-state index contributed by atoms with van der Waals surface area (Å²) >= 11 is 0. The molecule has 0 radical (unpaired) electrons. The maximum absolute atomic E-state index is 13.2. The Balaban J connectivity index is 2.69. The molecule has 5 heteroatoms. The van der Waals surface area contributed by atoms with Gasteiger partial charge in [-0.05, 0) is 12.1 Å². The van der Waals surface area contributed by atoms with Crippen LogP contribution in [0.1, 0.15) is 0 Å². The maximum atomic E-state index is 13.2. The number of hydrogen-bond acceptors (Lipinski definition) is 3. The van der Waals surface area contributed by atoms with Crippen LogP contribution < -0.4 is 5.32 Å². The predicted molar refractivity (Wildman–Crippen MR) is 64.8 cm³/mol. The number of nitrogens with two attached hydrogens (primary N) is 1. The highest BCUT2D eigenvalue weighted by Crippen LogP contribution is 2.17. The molecular weight excluding hydrogens is 219 g/mol. The van der Waals surface area contributed by atoms with E-state index >= 15 is 0 Å². The highest BCUT2D eigenvalue weighted by Gasteiger charge is 1.99. The molecule has 4 nitrogen and oxygen atoms in total. The number of azo groups is 1. The number of halogens is 1. The van der Waals surface area contributed by atoms with E-state index in [9.17, 15) is 4.39 Å². The van der Waals surface area contributed by atoms with Crippen molar-refractivity contribution in [1.82, 2.24) is 4.90 Å². The van der Waals surface area contributed by atoms with Crippen molar-refractivity contribution in [2.45, 2.75) is 0 Å². The van der Waals surface area contributed by atoms with Crippen molar-refractivity contribution in [2.75, 3.05) is 14.1 Å². The molecule has 0 saturated carbocycles. The Kier molecular flexibility index (Phi) is 5.03. The third kappa shape index (κ3) is 4.16. The number of benzene rings is 1. The number of quaternary nitrogens is 1. The fourth-order valence-electron chi connectivity index (χ4n) is 1.02. The average Bonchev–Trinajstić information content (AvgIpc) is 2.34. The van der Waals surface area contributed by atoms with Crippen molar-refractivity contribution in [2.24, 2.45) is 10.2 Å². The molecular formula is C12H16FN4+. The molecule has 0 amide bonds. The van der Waals surface area contributed by atoms with Crippen LogP contribution in [0.15, 0.2) is 59.3 Å². The third-order valence-corrected chi connectivity index (χ3v) is 2.03. The molecule has 1 rings (SSSR count). The second-order valence-electron chi connectivity index (χ2n) is 3.35. The molecule has 17 heavy (non-hydrogen) atoms. The Morgan fingerprint density at radius 1 is 1.47 bits per heavy atom. The van der Waals surface area contributed by atoms with Crippen LogP contribution in [0.3, 0.4) is 0 Å². The van der Waals surface area contributed by atoms with Gasteiger partial charge in [0.2, 0.25) is 0 Å². The standard InChI is InChI=1S/C12H15FN4/c1-10(17(3)9-8-14-2)15-16-12-7-5-4-6-11(12)13/h4-9,14H,1H2,2-3H3/p+1/b9-8-,16-15?. The molecule has 0 heterocycles. The summed E-state index contributed by atoms with van der Waals surface area (Å²) in [4.78, 5) is 1.70. The lowest BCUT2D eigenvalue weighted by Gasteiger charge is -2.10. The Morgan fingerprint density at radius 3 is 2.82 bits per heavy atom. The zero-order valence-electron chi connectivity index (χ0n) is 9.97. The molecule has 90 valence electrons. The summed E-state index contributed by atoms with van der Waals surface area (Å²) in [5.74, 6) is 0.0375. The average molecular weight is 235 g/mol. The fourth-order valence-corrected chi connectivity index (χ4v) is 1.02. The van der Waals surface area contributed by atoms with Gasteiger partial charge in [0.1, 0.15) is 17.7 Å². The van der Waals surface area contributed by atoms with Crippen molar-refractivity contribution >= 4 is 5.69 Å². The Morgan fingerprint density at radius 2 is 2.18 bits per heavy atom. The Labute approximate surface area is 100 Å². The monoisotopic (exact) mass is 235 g/mol. The normalized spacial score (nSPS) is 11.2. The van der Waals surface area contributed by atoms with Crippen LogP contribution in [0.4, 0.5) is 10.1 Å². The SMILES string of the molecule is C=C(N=Nc1ccccc1F)N(C)/C=C\[NH2+]C. The van der Waals surface area contributed by atoms with Crippen LogP contribution in [0.5, 0.6) is 0 Å². The van der Waals surface area contributed by atoms with Crippen LogP contribution >= 0.6 is 0 Å². The lowest BCUT2D eigenvalue weighted by atomic mass is 10.3. The highest BCUT2D eigenvalue weighted by atomic mass is 19.1. The van der Waals surface area contributed by atoms with Gasteiger partial charge in [0.25, 0.3) is 0 Å². The molecule has 0 aliphatic carbocycles. The minimum absolute atomic E-state index is 0.202. The second-order valence-corrected chi connectivity index (χ2v) is 3.35. The first kappa shape index (κ1) is 13.1. The molecule has 0 aromatic heterocycles. The van der Waals surface area contributed by atoms with Crippen molar-refractivity contribution in [1.29, 1.82) is 0 Å². The predicted octanol–water partition coefficient (Wildman–Crippen LogP) is 1.98. The molecule has 2 N–H and O–H groups in total. The van der Waals surface area contributed by atoms with E-state index in [0.29, 0.717) is 5.82 Å². The lowest BCUT2D eigenvalue weighted by molar-refractivity contribution is -0.557. The van der Waals surface area contributed by atoms with Crippen molar-refractivity contribution in [3.05, 3.63) is 54.9 Å². The molecule has 1 aromatic carbocycles. The molecule has 0 aliphatic heterocycles. The van der Waals surface area contributed by atoms with Crippen LogP contribution in [-0.4, -0.2) is 19.0 Å². The molecule has 0 spiro atoms. The van der Waals surface area contributed by atoms with Gasteiger partial charge in [-0.1, -0.05) is 18.7 Å². The largest absolute Gasteiger partial charge is 0.330 e. The van der Waals surface area contributed by atoms with E-state index in [4.69, 9.17) is 0 Å². The van der Waals surface area contributed by atoms with Gasteiger partial charge in [-0.15, -0.1) is 10.2 Å². The zero-order valence-corrected chi connectivity index (χ0v) is 9.97. The first-order valence-electron chi connectivity index (χ1n) is 5.19. The summed E-state index contributed by atoms with van der Waals surface area (Å²) in [6.45, 7) is 3.73. The van der Waals surface area contributed by atoms with Gasteiger partial charge >= 0.3 is 0 Å². The quantitative estimate of drug-likeness (QED) is 0.779. The van der Waals surface area contributed by atoms with Crippen molar-refractivity contribution in [3.8, 4) is 0 Å². The zero-order chi connectivity index (χ0) is 12.7. The highest BCUT2D eigenvalue weighted by molar-refractivity contribution is 5.37. The molecule has 0 saturated heterocycles. The molecule has 0 unspecified atom stereocenters. The van der Waals surface area contributed by atoms with Crippen molar-refractivity contribution < 1.29 is 9.71 Å². The number of rotatable bonds is 5. The first-order chi connectivity index (χ1) is 8.15.